The van der Waals surface area contributed by atoms with E-state index in [2.05, 4.69) is 9.59 Å². The van der Waals surface area contributed by atoms with Crippen molar-refractivity contribution >= 4 is 23.3 Å². The van der Waals surface area contributed by atoms with Crippen molar-refractivity contribution in [1.82, 2.24) is 19.4 Å². The lowest BCUT2D eigenvalue weighted by atomic mass is 9.75. The number of carbonyl (C=O) groups is 2. The van der Waals surface area contributed by atoms with Crippen LogP contribution in [0.1, 0.15) is 77.6 Å². The molecule has 3 aliphatic rings. The van der Waals surface area contributed by atoms with E-state index in [9.17, 15) is 9.59 Å². The summed E-state index contributed by atoms with van der Waals surface area (Å²) in [5.41, 5.74) is 1.38. The molecule has 1 spiro atoms. The first-order valence-corrected chi connectivity index (χ1v) is 14.1. The Balaban J connectivity index is 1.32. The minimum Gasteiger partial charge on any atom is -0.492 e. The second-order valence-electron chi connectivity index (χ2n) is 10.3. The van der Waals surface area contributed by atoms with Crippen LogP contribution in [0.5, 0.6) is 5.75 Å². The molecule has 0 N–H and O–H groups in total. The molecule has 8 nitrogen and oxygen atoms in total. The van der Waals surface area contributed by atoms with E-state index in [0.717, 1.165) is 63.8 Å². The first kappa shape index (κ1) is 25.1. The van der Waals surface area contributed by atoms with Crippen molar-refractivity contribution in [3.05, 3.63) is 40.4 Å². The molecule has 194 valence electrons. The maximum absolute atomic E-state index is 13.5. The van der Waals surface area contributed by atoms with Gasteiger partial charge >= 0.3 is 0 Å². The van der Waals surface area contributed by atoms with Gasteiger partial charge in [-0.3, -0.25) is 9.59 Å². The van der Waals surface area contributed by atoms with Crippen LogP contribution in [0.4, 0.5) is 0 Å². The Hall–Kier alpha value is -2.52. The lowest BCUT2D eigenvalue weighted by molar-refractivity contribution is 0.0304. The van der Waals surface area contributed by atoms with E-state index < -0.39 is 0 Å². The van der Waals surface area contributed by atoms with E-state index in [4.69, 9.17) is 9.47 Å². The predicted molar refractivity (Wildman–Crippen MR) is 138 cm³/mol. The molecule has 9 heteroatoms. The number of para-hydroxylation sites is 1. The molecule has 0 radical (unpaired) electrons. The second kappa shape index (κ2) is 11.3. The Morgan fingerprint density at radius 3 is 2.81 bits per heavy atom. The summed E-state index contributed by atoms with van der Waals surface area (Å²) in [6.45, 7) is 6.01. The van der Waals surface area contributed by atoms with Gasteiger partial charge in [0.2, 0.25) is 0 Å². The molecule has 0 aliphatic carbocycles. The third kappa shape index (κ3) is 5.27. The van der Waals surface area contributed by atoms with Crippen molar-refractivity contribution in [2.24, 2.45) is 5.41 Å². The number of nitrogens with zero attached hydrogens (tertiary/aromatic N) is 4. The number of hydrogen-bond donors (Lipinski definition) is 0. The molecule has 2 aromatic rings. The maximum atomic E-state index is 13.5. The third-order valence-electron chi connectivity index (χ3n) is 8.04. The van der Waals surface area contributed by atoms with Crippen LogP contribution in [0.2, 0.25) is 0 Å². The van der Waals surface area contributed by atoms with Crippen LogP contribution < -0.4 is 4.74 Å². The number of fused-ring (bicyclic) bond motifs is 2. The molecule has 0 unspecified atom stereocenters. The lowest BCUT2D eigenvalue weighted by Crippen LogP contribution is -2.45. The molecule has 4 heterocycles. The summed E-state index contributed by atoms with van der Waals surface area (Å²) >= 11 is 1.19. The minimum atomic E-state index is -0.0349. The molecular formula is C27H36N4O4S. The fourth-order valence-electron chi connectivity index (χ4n) is 5.75. The fourth-order valence-corrected chi connectivity index (χ4v) is 6.47. The number of aromatic nitrogens is 2. The van der Waals surface area contributed by atoms with E-state index in [-0.39, 0.29) is 23.3 Å². The first-order valence-electron chi connectivity index (χ1n) is 13.3. The average molecular weight is 513 g/mol. The molecule has 1 aromatic heterocycles. The molecule has 1 atom stereocenters. The summed E-state index contributed by atoms with van der Waals surface area (Å²) in [6.07, 6.45) is 7.53. The molecule has 2 amide bonds. The standard InChI is InChI=1S/C27H36N4O4S/c1-2-22-24(36-29-28-22)26(33)30-15-12-27(13-16-30)11-5-6-17-34-18-20-8-7-14-31(20)25(32)21-9-3-4-10-23(21)35-19-27/h3-4,9-10,20H,2,5-8,11-19H2,1H3/t20-/m0/s1. The van der Waals surface area contributed by atoms with Crippen LogP contribution >= 0.6 is 11.5 Å². The monoisotopic (exact) mass is 512 g/mol. The number of carbonyl (C=O) groups excluding carboxylic acids is 2. The number of aryl methyl sites for hydroxylation is 1. The number of rotatable bonds is 2. The normalized spacial score (nSPS) is 23.0. The van der Waals surface area contributed by atoms with E-state index in [1.54, 1.807) is 0 Å². The van der Waals surface area contributed by atoms with Crippen molar-refractivity contribution in [1.29, 1.82) is 0 Å². The van der Waals surface area contributed by atoms with E-state index in [1.807, 2.05) is 41.0 Å². The molecule has 36 heavy (non-hydrogen) atoms. The third-order valence-corrected chi connectivity index (χ3v) is 8.80. The maximum Gasteiger partial charge on any atom is 0.267 e. The van der Waals surface area contributed by atoms with Gasteiger partial charge in [-0.15, -0.1) is 5.10 Å². The molecule has 1 aromatic carbocycles. The van der Waals surface area contributed by atoms with Crippen LogP contribution in [0, 0.1) is 5.41 Å². The highest BCUT2D eigenvalue weighted by molar-refractivity contribution is 7.08. The average Bonchev–Trinajstić information content (AvgIpc) is 3.58. The van der Waals surface area contributed by atoms with Crippen LogP contribution in [-0.4, -0.2) is 76.7 Å². The number of amides is 2. The number of piperidine rings is 1. The van der Waals surface area contributed by atoms with Gasteiger partial charge in [-0.05, 0) is 68.6 Å². The van der Waals surface area contributed by atoms with Gasteiger partial charge in [0.1, 0.15) is 10.6 Å². The van der Waals surface area contributed by atoms with E-state index in [0.29, 0.717) is 48.9 Å². The smallest absolute Gasteiger partial charge is 0.267 e. The Morgan fingerprint density at radius 2 is 1.97 bits per heavy atom. The van der Waals surface area contributed by atoms with Gasteiger partial charge in [-0.1, -0.05) is 30.0 Å². The molecule has 2 fully saturated rings. The highest BCUT2D eigenvalue weighted by Crippen LogP contribution is 2.39. The van der Waals surface area contributed by atoms with Crippen molar-refractivity contribution in [2.45, 2.75) is 64.3 Å². The van der Waals surface area contributed by atoms with Gasteiger partial charge in [0.05, 0.1) is 30.5 Å². The topological polar surface area (TPSA) is 84.9 Å². The zero-order valence-corrected chi connectivity index (χ0v) is 21.9. The van der Waals surface area contributed by atoms with E-state index in [1.165, 1.54) is 11.5 Å². The van der Waals surface area contributed by atoms with Crippen molar-refractivity contribution < 1.29 is 19.1 Å². The van der Waals surface area contributed by atoms with Crippen molar-refractivity contribution in [3.8, 4) is 5.75 Å². The Kier molecular flexibility index (Phi) is 7.86. The number of benzene rings is 1. The summed E-state index contributed by atoms with van der Waals surface area (Å²) in [5.74, 6) is 0.739. The molecule has 2 saturated heterocycles. The Labute approximate surface area is 217 Å². The predicted octanol–water partition coefficient (Wildman–Crippen LogP) is 4.21. The SMILES string of the molecule is CCc1nnsc1C(=O)N1CCC2(CCCCOC[C@@H]3CCCN3C(=O)c3ccccc3OC2)CC1. The van der Waals surface area contributed by atoms with Crippen LogP contribution in [-0.2, 0) is 11.2 Å². The lowest BCUT2D eigenvalue weighted by Gasteiger charge is -2.42. The van der Waals surface area contributed by atoms with Crippen molar-refractivity contribution in [2.75, 3.05) is 39.5 Å². The van der Waals surface area contributed by atoms with Gasteiger partial charge in [0.25, 0.3) is 11.8 Å². The molecule has 0 saturated carbocycles. The number of hydrogen-bond acceptors (Lipinski definition) is 7. The zero-order valence-electron chi connectivity index (χ0n) is 21.1. The second-order valence-corrected chi connectivity index (χ2v) is 11.1. The van der Waals surface area contributed by atoms with Crippen LogP contribution in [0.3, 0.4) is 0 Å². The van der Waals surface area contributed by atoms with Gasteiger partial charge in [-0.25, -0.2) is 0 Å². The fraction of sp³-hybridized carbons (Fsp3) is 0.630. The minimum absolute atomic E-state index is 0.0349. The summed E-state index contributed by atoms with van der Waals surface area (Å²) in [7, 11) is 0. The highest BCUT2D eigenvalue weighted by Gasteiger charge is 2.38. The summed E-state index contributed by atoms with van der Waals surface area (Å²) in [4.78, 5) is 31.2. The van der Waals surface area contributed by atoms with E-state index >= 15 is 0 Å². The Bertz CT molecular complexity index is 1070. The zero-order chi connectivity index (χ0) is 25.0. The Morgan fingerprint density at radius 1 is 1.14 bits per heavy atom. The molecular weight excluding hydrogens is 476 g/mol. The van der Waals surface area contributed by atoms with Gasteiger partial charge in [0.15, 0.2) is 0 Å². The first-order chi connectivity index (χ1) is 17.6. The number of likely N-dealkylation sites (tertiary alicyclic amines) is 1. The summed E-state index contributed by atoms with van der Waals surface area (Å²) in [5, 5.41) is 4.11. The van der Waals surface area contributed by atoms with Gasteiger partial charge in [-0.2, -0.15) is 0 Å². The molecule has 0 bridgehead atoms. The quantitative estimate of drug-likeness (QED) is 0.599. The molecule has 5 rings (SSSR count). The molecule has 3 aliphatic heterocycles. The van der Waals surface area contributed by atoms with Gasteiger partial charge in [0, 0.05) is 31.7 Å². The summed E-state index contributed by atoms with van der Waals surface area (Å²) in [6, 6.07) is 7.77. The number of ether oxygens (including phenoxy) is 2. The highest BCUT2D eigenvalue weighted by atomic mass is 32.1. The van der Waals surface area contributed by atoms with Crippen LogP contribution in [0.15, 0.2) is 24.3 Å². The van der Waals surface area contributed by atoms with Gasteiger partial charge < -0.3 is 19.3 Å². The van der Waals surface area contributed by atoms with Crippen molar-refractivity contribution in [3.63, 3.8) is 0 Å². The summed E-state index contributed by atoms with van der Waals surface area (Å²) < 4.78 is 16.5. The largest absolute Gasteiger partial charge is 0.492 e. The van der Waals surface area contributed by atoms with Crippen LogP contribution in [0.25, 0.3) is 0 Å².